The molecule has 0 aromatic rings. The van der Waals surface area contributed by atoms with E-state index in [4.69, 9.17) is 10.2 Å². The second-order valence-electron chi connectivity index (χ2n) is 1.98. The number of aliphatic carboxylic acids is 4. The smallest absolute Gasteiger partial charge is 0.328 e. The van der Waals surface area contributed by atoms with E-state index < -0.39 is 23.9 Å². The Balaban J connectivity index is -0.0000000980. The van der Waals surface area contributed by atoms with Crippen molar-refractivity contribution in [2.24, 2.45) is 0 Å². The minimum atomic E-state index is -1.55. The molecule has 0 unspecified atom stereocenters. The van der Waals surface area contributed by atoms with Crippen molar-refractivity contribution in [3.8, 4) is 0 Å². The largest absolute Gasteiger partial charge is 0.545 e. The summed E-state index contributed by atoms with van der Waals surface area (Å²) in [5.41, 5.74) is 0. The molecule has 0 amide bonds. The number of quaternary nitrogens is 2. The van der Waals surface area contributed by atoms with Crippen molar-refractivity contribution in [2.45, 2.75) is 0 Å². The Bertz CT molecular complexity index is 281. The molecule has 0 rings (SSSR count). The zero-order valence-electron chi connectivity index (χ0n) is 9.65. The Morgan fingerprint density at radius 3 is 1.00 bits per heavy atom. The fourth-order valence-electron chi connectivity index (χ4n) is 0.279. The molecular formula is C8H14N2O8. The molecule has 0 saturated carbocycles. The molecule has 0 heterocycles. The van der Waals surface area contributed by atoms with Gasteiger partial charge in [0.2, 0.25) is 0 Å². The van der Waals surface area contributed by atoms with Crippen molar-refractivity contribution >= 4 is 23.9 Å². The van der Waals surface area contributed by atoms with Crippen LogP contribution in [0.2, 0.25) is 0 Å². The van der Waals surface area contributed by atoms with E-state index in [-0.39, 0.29) is 12.3 Å². The highest BCUT2D eigenvalue weighted by atomic mass is 16.4. The average molecular weight is 266 g/mol. The van der Waals surface area contributed by atoms with Crippen LogP contribution >= 0.6 is 0 Å². The highest BCUT2D eigenvalue weighted by Crippen LogP contribution is 1.70. The standard InChI is InChI=1S/2C4H4O4.2H3N/c2*5-3(6)1-2-4(7)8;;/h2*1-2H,(H,5,6)(H,7,8);2*1H3. The Labute approximate surface area is 101 Å². The third kappa shape index (κ3) is 37.8. The number of hydrogen-bond acceptors (Lipinski definition) is 6. The first-order valence-electron chi connectivity index (χ1n) is 3.49. The van der Waals surface area contributed by atoms with Gasteiger partial charge in [-0.25, -0.2) is 9.59 Å². The van der Waals surface area contributed by atoms with Crippen LogP contribution in [0.4, 0.5) is 0 Å². The number of rotatable bonds is 4. The molecule has 0 atom stereocenters. The van der Waals surface area contributed by atoms with E-state index in [0.717, 1.165) is 0 Å². The van der Waals surface area contributed by atoms with E-state index in [1.165, 1.54) is 0 Å². The van der Waals surface area contributed by atoms with Crippen LogP contribution in [0.3, 0.4) is 0 Å². The van der Waals surface area contributed by atoms with Crippen LogP contribution in [0.15, 0.2) is 24.3 Å². The fraction of sp³-hybridized carbons (Fsp3) is 0. The van der Waals surface area contributed by atoms with Crippen LogP contribution < -0.4 is 22.5 Å². The van der Waals surface area contributed by atoms with Gasteiger partial charge in [0.15, 0.2) is 0 Å². The Hall–Kier alpha value is -2.72. The minimum absolute atomic E-state index is 0. The Morgan fingerprint density at radius 2 is 0.889 bits per heavy atom. The van der Waals surface area contributed by atoms with Crippen LogP contribution in [0, 0.1) is 0 Å². The topological polar surface area (TPSA) is 228 Å². The third-order valence-electron chi connectivity index (χ3n) is 0.724. The van der Waals surface area contributed by atoms with Crippen LogP contribution in [0.1, 0.15) is 0 Å². The van der Waals surface area contributed by atoms with Gasteiger partial charge in [-0.2, -0.15) is 0 Å². The molecular weight excluding hydrogens is 252 g/mol. The van der Waals surface area contributed by atoms with Gasteiger partial charge in [0, 0.05) is 12.2 Å². The average Bonchev–Trinajstić information content (AvgIpc) is 2.12. The van der Waals surface area contributed by atoms with Crippen molar-refractivity contribution in [2.75, 3.05) is 0 Å². The number of carboxylic acids is 4. The van der Waals surface area contributed by atoms with E-state index in [1.54, 1.807) is 0 Å². The third-order valence-corrected chi connectivity index (χ3v) is 0.724. The molecule has 0 aliphatic heterocycles. The van der Waals surface area contributed by atoms with Crippen molar-refractivity contribution in [1.29, 1.82) is 0 Å². The first kappa shape index (κ1) is 24.5. The predicted octanol–water partition coefficient (Wildman–Crippen LogP) is -2.49. The number of carbonyl (C=O) groups is 4. The number of carbonyl (C=O) groups excluding carboxylic acids is 2. The van der Waals surface area contributed by atoms with Crippen LogP contribution in [0.25, 0.3) is 0 Å². The molecule has 0 aliphatic rings. The quantitative estimate of drug-likeness (QED) is 0.396. The zero-order valence-corrected chi connectivity index (χ0v) is 9.65. The molecule has 104 valence electrons. The van der Waals surface area contributed by atoms with Crippen molar-refractivity contribution in [1.82, 2.24) is 12.3 Å². The molecule has 18 heavy (non-hydrogen) atoms. The minimum Gasteiger partial charge on any atom is -0.545 e. The molecule has 10 N–H and O–H groups in total. The highest BCUT2D eigenvalue weighted by Gasteiger charge is 1.88. The normalized spacial score (nSPS) is 8.44. The molecule has 0 saturated heterocycles. The van der Waals surface area contributed by atoms with Gasteiger partial charge in [-0.15, -0.1) is 0 Å². The van der Waals surface area contributed by atoms with Gasteiger partial charge in [0.05, 0.1) is 11.9 Å². The Morgan fingerprint density at radius 1 is 0.667 bits per heavy atom. The van der Waals surface area contributed by atoms with E-state index in [1.807, 2.05) is 0 Å². The number of carboxylic acid groups (broad SMARTS) is 4. The summed E-state index contributed by atoms with van der Waals surface area (Å²) in [6, 6.07) is 0. The van der Waals surface area contributed by atoms with Crippen LogP contribution in [-0.4, -0.2) is 34.1 Å². The summed E-state index contributed by atoms with van der Waals surface area (Å²) in [4.78, 5) is 37.9. The maximum Gasteiger partial charge on any atom is 0.328 e. The maximum atomic E-state index is 9.55. The van der Waals surface area contributed by atoms with Gasteiger partial charge in [0.1, 0.15) is 0 Å². The lowest BCUT2D eigenvalue weighted by atomic mass is 10.5. The summed E-state index contributed by atoms with van der Waals surface area (Å²) < 4.78 is 0. The van der Waals surface area contributed by atoms with Gasteiger partial charge >= 0.3 is 11.9 Å². The van der Waals surface area contributed by atoms with Crippen molar-refractivity contribution in [3.05, 3.63) is 24.3 Å². The highest BCUT2D eigenvalue weighted by molar-refractivity contribution is 5.89. The lowest BCUT2D eigenvalue weighted by Gasteiger charge is -1.90. The zero-order chi connectivity index (χ0) is 13.1. The summed E-state index contributed by atoms with van der Waals surface area (Å²) in [7, 11) is 0. The maximum absolute atomic E-state index is 9.55. The SMILES string of the molecule is O=C(O)C=CC(=O)O.O=C([O-])C=CC(=O)[O-].[NH4+].[NH4+]. The first-order valence-corrected chi connectivity index (χ1v) is 3.49. The molecule has 0 fully saturated rings. The second kappa shape index (κ2) is 14.3. The van der Waals surface area contributed by atoms with E-state index in [9.17, 15) is 29.4 Å². The van der Waals surface area contributed by atoms with E-state index in [2.05, 4.69) is 0 Å². The summed E-state index contributed by atoms with van der Waals surface area (Å²) in [5.74, 6) is -5.61. The van der Waals surface area contributed by atoms with Crippen molar-refractivity contribution in [3.63, 3.8) is 0 Å². The van der Waals surface area contributed by atoms with Gasteiger partial charge in [-0.3, -0.25) is 0 Å². The van der Waals surface area contributed by atoms with Gasteiger partial charge in [0.25, 0.3) is 0 Å². The Kier molecular flexibility index (Phi) is 19.4. The molecule has 10 nitrogen and oxygen atoms in total. The summed E-state index contributed by atoms with van der Waals surface area (Å²) in [5, 5.41) is 34.5. The molecule has 0 radical (unpaired) electrons. The molecule has 0 bridgehead atoms. The summed E-state index contributed by atoms with van der Waals surface area (Å²) >= 11 is 0. The second-order valence-corrected chi connectivity index (χ2v) is 1.98. The summed E-state index contributed by atoms with van der Waals surface area (Å²) in [6.07, 6.45) is 1.88. The molecule has 0 aliphatic carbocycles. The lowest BCUT2D eigenvalue weighted by molar-refractivity contribution is -0.301. The first-order chi connectivity index (χ1) is 7.25. The predicted molar refractivity (Wildman–Crippen MR) is 55.5 cm³/mol. The van der Waals surface area contributed by atoms with Gasteiger partial charge < -0.3 is 42.3 Å². The van der Waals surface area contributed by atoms with Crippen LogP contribution in [-0.2, 0) is 19.2 Å². The molecule has 0 aromatic carbocycles. The summed E-state index contributed by atoms with van der Waals surface area (Å²) in [6.45, 7) is 0. The van der Waals surface area contributed by atoms with Crippen molar-refractivity contribution < 1.29 is 39.6 Å². The molecule has 0 aromatic heterocycles. The molecule has 10 heteroatoms. The van der Waals surface area contributed by atoms with E-state index >= 15 is 0 Å². The van der Waals surface area contributed by atoms with E-state index in [0.29, 0.717) is 24.3 Å². The molecule has 0 spiro atoms. The fourth-order valence-corrected chi connectivity index (χ4v) is 0.279. The van der Waals surface area contributed by atoms with Gasteiger partial charge in [-0.1, -0.05) is 0 Å². The number of hydrogen-bond donors (Lipinski definition) is 4. The lowest BCUT2D eigenvalue weighted by Crippen LogP contribution is -2.23. The van der Waals surface area contributed by atoms with Crippen LogP contribution in [0.5, 0.6) is 0 Å². The van der Waals surface area contributed by atoms with Gasteiger partial charge in [-0.05, 0) is 12.2 Å². The monoisotopic (exact) mass is 266 g/mol.